The highest BCUT2D eigenvalue weighted by atomic mass is 32.1. The fraction of sp³-hybridized carbons (Fsp3) is 0.333. The molecule has 0 aliphatic carbocycles. The normalized spacial score (nSPS) is 17.2. The van der Waals surface area contributed by atoms with Gasteiger partial charge in [-0.15, -0.1) is 11.3 Å². The van der Waals surface area contributed by atoms with Gasteiger partial charge in [0.15, 0.2) is 0 Å². The summed E-state index contributed by atoms with van der Waals surface area (Å²) in [4.78, 5) is 27.4. The van der Waals surface area contributed by atoms with Crippen molar-refractivity contribution < 1.29 is 14.0 Å². The number of hydrogen-bond acceptors (Lipinski definition) is 3. The van der Waals surface area contributed by atoms with Crippen LogP contribution in [0.5, 0.6) is 0 Å². The van der Waals surface area contributed by atoms with Crippen LogP contribution in [0, 0.1) is 11.7 Å². The number of benzene rings is 1. The van der Waals surface area contributed by atoms with E-state index in [1.807, 2.05) is 17.5 Å². The highest BCUT2D eigenvalue weighted by Crippen LogP contribution is 2.20. The Kier molecular flexibility index (Phi) is 5.65. The monoisotopic (exact) mass is 361 g/mol. The van der Waals surface area contributed by atoms with Crippen LogP contribution in [0.4, 0.5) is 14.9 Å². The van der Waals surface area contributed by atoms with Crippen molar-refractivity contribution in [1.29, 1.82) is 0 Å². The van der Waals surface area contributed by atoms with Crippen LogP contribution in [0.15, 0.2) is 41.8 Å². The predicted octanol–water partition coefficient (Wildman–Crippen LogP) is 3.45. The van der Waals surface area contributed by atoms with Crippen molar-refractivity contribution in [2.24, 2.45) is 5.92 Å². The highest BCUT2D eigenvalue weighted by molar-refractivity contribution is 7.09. The van der Waals surface area contributed by atoms with Gasteiger partial charge in [-0.3, -0.25) is 4.79 Å². The third-order valence-electron chi connectivity index (χ3n) is 4.21. The number of anilines is 1. The summed E-state index contributed by atoms with van der Waals surface area (Å²) in [6.45, 7) is 1.45. The summed E-state index contributed by atoms with van der Waals surface area (Å²) in [5.74, 6) is -1.04. The zero-order valence-corrected chi connectivity index (χ0v) is 14.5. The maximum Gasteiger partial charge on any atom is 0.317 e. The van der Waals surface area contributed by atoms with Crippen LogP contribution in [-0.4, -0.2) is 29.9 Å². The van der Waals surface area contributed by atoms with Crippen molar-refractivity contribution in [2.75, 3.05) is 18.4 Å². The predicted molar refractivity (Wildman–Crippen MR) is 95.9 cm³/mol. The van der Waals surface area contributed by atoms with E-state index in [1.54, 1.807) is 28.4 Å². The quantitative estimate of drug-likeness (QED) is 0.876. The van der Waals surface area contributed by atoms with Gasteiger partial charge in [-0.1, -0.05) is 18.2 Å². The number of nitrogens with one attached hydrogen (secondary N) is 2. The fourth-order valence-electron chi connectivity index (χ4n) is 2.86. The lowest BCUT2D eigenvalue weighted by Crippen LogP contribution is -2.47. The molecule has 1 aromatic carbocycles. The van der Waals surface area contributed by atoms with Gasteiger partial charge in [0.1, 0.15) is 5.82 Å². The molecule has 3 rings (SSSR count). The second kappa shape index (κ2) is 8.11. The average molecular weight is 361 g/mol. The first-order chi connectivity index (χ1) is 12.1. The summed E-state index contributed by atoms with van der Waals surface area (Å²) in [5.41, 5.74) is 0.173. The molecule has 0 bridgehead atoms. The summed E-state index contributed by atoms with van der Waals surface area (Å²) < 4.78 is 13.7. The van der Waals surface area contributed by atoms with Crippen molar-refractivity contribution in [3.8, 4) is 0 Å². The van der Waals surface area contributed by atoms with E-state index in [-0.39, 0.29) is 23.5 Å². The number of carbonyl (C=O) groups excluding carboxylic acids is 2. The maximum atomic E-state index is 13.7. The third-order valence-corrected chi connectivity index (χ3v) is 5.08. The van der Waals surface area contributed by atoms with Crippen molar-refractivity contribution in [1.82, 2.24) is 10.2 Å². The van der Waals surface area contributed by atoms with Crippen LogP contribution in [0.3, 0.4) is 0 Å². The molecule has 0 spiro atoms. The lowest BCUT2D eigenvalue weighted by Gasteiger charge is -2.32. The number of carbonyl (C=O) groups is 2. The highest BCUT2D eigenvalue weighted by Gasteiger charge is 2.28. The Balaban J connectivity index is 1.54. The summed E-state index contributed by atoms with van der Waals surface area (Å²) in [6.07, 6.45) is 1.44. The molecular weight excluding hydrogens is 341 g/mol. The molecule has 5 nitrogen and oxygen atoms in total. The molecule has 1 fully saturated rings. The van der Waals surface area contributed by atoms with Crippen molar-refractivity contribution >= 4 is 29.0 Å². The molecule has 1 unspecified atom stereocenters. The zero-order chi connectivity index (χ0) is 17.6. The van der Waals surface area contributed by atoms with E-state index >= 15 is 0 Å². The first kappa shape index (κ1) is 17.4. The number of piperidine rings is 1. The van der Waals surface area contributed by atoms with Gasteiger partial charge in [0, 0.05) is 18.0 Å². The lowest BCUT2D eigenvalue weighted by molar-refractivity contribution is -0.121. The number of amides is 3. The van der Waals surface area contributed by atoms with Crippen LogP contribution < -0.4 is 10.6 Å². The van der Waals surface area contributed by atoms with E-state index in [0.29, 0.717) is 26.1 Å². The molecule has 2 N–H and O–H groups in total. The number of para-hydroxylation sites is 1. The number of urea groups is 1. The van der Waals surface area contributed by atoms with Crippen LogP contribution >= 0.6 is 11.3 Å². The largest absolute Gasteiger partial charge is 0.333 e. The minimum absolute atomic E-state index is 0.170. The second-order valence-electron chi connectivity index (χ2n) is 5.99. The van der Waals surface area contributed by atoms with Gasteiger partial charge in [0.2, 0.25) is 5.91 Å². The number of halogens is 1. The van der Waals surface area contributed by atoms with E-state index < -0.39 is 5.82 Å². The molecule has 132 valence electrons. The van der Waals surface area contributed by atoms with Gasteiger partial charge >= 0.3 is 6.03 Å². The number of nitrogens with zero attached hydrogens (tertiary/aromatic N) is 1. The summed E-state index contributed by atoms with van der Waals surface area (Å²) in [6, 6.07) is 9.82. The molecule has 25 heavy (non-hydrogen) atoms. The van der Waals surface area contributed by atoms with Crippen LogP contribution in [0.2, 0.25) is 0 Å². The summed E-state index contributed by atoms with van der Waals surface area (Å²) >= 11 is 1.59. The topological polar surface area (TPSA) is 61.4 Å². The van der Waals surface area contributed by atoms with Gasteiger partial charge in [0.05, 0.1) is 18.2 Å². The number of likely N-dealkylation sites (tertiary alicyclic amines) is 1. The Morgan fingerprint density at radius 3 is 2.84 bits per heavy atom. The zero-order valence-electron chi connectivity index (χ0n) is 13.7. The van der Waals surface area contributed by atoms with E-state index in [4.69, 9.17) is 0 Å². The van der Waals surface area contributed by atoms with Crippen molar-refractivity contribution in [2.45, 2.75) is 19.4 Å². The standard InChI is InChI=1S/C18H20FN3O2S/c19-15-7-1-2-8-16(15)21-17(23)13-5-3-9-22(12-13)18(24)20-11-14-6-4-10-25-14/h1-2,4,6-8,10,13H,3,5,9,11-12H2,(H,20,24)(H,21,23). The number of hydrogen-bond donors (Lipinski definition) is 2. The Hall–Kier alpha value is -2.41. The van der Waals surface area contributed by atoms with Crippen LogP contribution in [-0.2, 0) is 11.3 Å². The summed E-state index contributed by atoms with van der Waals surface area (Å²) in [7, 11) is 0. The van der Waals surface area contributed by atoms with Crippen LogP contribution in [0.1, 0.15) is 17.7 Å². The van der Waals surface area contributed by atoms with Gasteiger partial charge < -0.3 is 15.5 Å². The molecule has 1 aliphatic rings. The summed E-state index contributed by atoms with van der Waals surface area (Å²) in [5, 5.41) is 7.47. The minimum atomic E-state index is -0.461. The Bertz CT molecular complexity index is 736. The molecule has 1 saturated heterocycles. The van der Waals surface area contributed by atoms with Gasteiger partial charge in [-0.25, -0.2) is 9.18 Å². The number of thiophene rings is 1. The molecule has 1 aliphatic heterocycles. The Morgan fingerprint density at radius 2 is 2.08 bits per heavy atom. The first-order valence-electron chi connectivity index (χ1n) is 8.24. The molecular formula is C18H20FN3O2S. The Morgan fingerprint density at radius 1 is 1.24 bits per heavy atom. The van der Waals surface area contributed by atoms with Crippen LogP contribution in [0.25, 0.3) is 0 Å². The first-order valence-corrected chi connectivity index (χ1v) is 9.12. The van der Waals surface area contributed by atoms with Crippen molar-refractivity contribution in [3.05, 3.63) is 52.5 Å². The molecule has 7 heteroatoms. The molecule has 1 aromatic heterocycles. The van der Waals surface area contributed by atoms with Crippen molar-refractivity contribution in [3.63, 3.8) is 0 Å². The van der Waals surface area contributed by atoms with Gasteiger partial charge in [-0.05, 0) is 36.4 Å². The molecule has 0 saturated carbocycles. The van der Waals surface area contributed by atoms with Gasteiger partial charge in [0.25, 0.3) is 0 Å². The number of rotatable bonds is 4. The molecule has 2 heterocycles. The third kappa shape index (κ3) is 4.57. The maximum absolute atomic E-state index is 13.7. The average Bonchev–Trinajstić information content (AvgIpc) is 3.15. The molecule has 3 amide bonds. The van der Waals surface area contributed by atoms with E-state index in [9.17, 15) is 14.0 Å². The van der Waals surface area contributed by atoms with Gasteiger partial charge in [-0.2, -0.15) is 0 Å². The van der Waals surface area contributed by atoms with E-state index in [1.165, 1.54) is 12.1 Å². The molecule has 1 atom stereocenters. The SMILES string of the molecule is O=C(Nc1ccccc1F)C1CCCN(C(=O)NCc2cccs2)C1. The second-order valence-corrected chi connectivity index (χ2v) is 7.02. The minimum Gasteiger partial charge on any atom is -0.333 e. The Labute approximate surface area is 149 Å². The van der Waals surface area contributed by atoms with E-state index in [0.717, 1.165) is 11.3 Å². The smallest absolute Gasteiger partial charge is 0.317 e. The fourth-order valence-corrected chi connectivity index (χ4v) is 3.51. The lowest BCUT2D eigenvalue weighted by atomic mass is 9.97. The molecule has 2 aromatic rings. The van der Waals surface area contributed by atoms with E-state index in [2.05, 4.69) is 10.6 Å². The molecule has 0 radical (unpaired) electrons.